The monoisotopic (exact) mass is 482 g/mol. The SMILES string of the molecule is O=C(O)[C@@H]1CN(C(=O)NCc2ccccc2)CCN1C(=O)N1c2ccccc2C=Cc2ccccc21. The highest BCUT2D eigenvalue weighted by Crippen LogP contribution is 2.37. The summed E-state index contributed by atoms with van der Waals surface area (Å²) in [5, 5.41) is 12.9. The van der Waals surface area contributed by atoms with Gasteiger partial charge in [0.25, 0.3) is 0 Å². The molecule has 0 radical (unpaired) electrons. The molecule has 0 bridgehead atoms. The van der Waals surface area contributed by atoms with Crippen LogP contribution in [0.4, 0.5) is 21.0 Å². The topological polar surface area (TPSA) is 93.2 Å². The highest BCUT2D eigenvalue weighted by Gasteiger charge is 2.40. The first-order valence-corrected chi connectivity index (χ1v) is 11.8. The predicted molar refractivity (Wildman–Crippen MR) is 138 cm³/mol. The predicted octanol–water partition coefficient (Wildman–Crippen LogP) is 4.41. The van der Waals surface area contributed by atoms with Crippen molar-refractivity contribution in [3.05, 3.63) is 95.6 Å². The van der Waals surface area contributed by atoms with Crippen LogP contribution in [0.25, 0.3) is 12.2 Å². The number of aliphatic carboxylic acids is 1. The Bertz CT molecular complexity index is 1270. The third-order valence-electron chi connectivity index (χ3n) is 6.47. The first-order valence-electron chi connectivity index (χ1n) is 11.8. The number of carboxylic acids is 1. The van der Waals surface area contributed by atoms with Gasteiger partial charge in [-0.25, -0.2) is 14.4 Å². The number of carbonyl (C=O) groups excluding carboxylic acids is 2. The van der Waals surface area contributed by atoms with Crippen molar-refractivity contribution in [1.29, 1.82) is 0 Å². The second kappa shape index (κ2) is 9.95. The van der Waals surface area contributed by atoms with Crippen LogP contribution in [0, 0.1) is 0 Å². The number of para-hydroxylation sites is 2. The van der Waals surface area contributed by atoms with Gasteiger partial charge in [-0.15, -0.1) is 0 Å². The molecule has 36 heavy (non-hydrogen) atoms. The van der Waals surface area contributed by atoms with Crippen LogP contribution in [-0.4, -0.2) is 58.6 Å². The number of carboxylic acid groups (broad SMARTS) is 1. The Morgan fingerprint density at radius 3 is 2.00 bits per heavy atom. The number of hydrogen-bond acceptors (Lipinski definition) is 3. The number of amides is 4. The highest BCUT2D eigenvalue weighted by atomic mass is 16.4. The lowest BCUT2D eigenvalue weighted by Gasteiger charge is -2.41. The molecule has 0 saturated carbocycles. The minimum Gasteiger partial charge on any atom is -0.480 e. The molecular weight excluding hydrogens is 456 g/mol. The standard InChI is InChI=1S/C28H26N4O4/c33-26(34)25-19-30(27(35)29-18-20-8-2-1-3-9-20)16-17-31(25)28(36)32-23-12-6-4-10-21(23)14-15-22-11-5-7-13-24(22)32/h1-15,25H,16-19H2,(H,29,35)(H,33,34)/t25-/m0/s1. The molecule has 8 nitrogen and oxygen atoms in total. The number of hydrogen-bond donors (Lipinski definition) is 2. The van der Waals surface area contributed by atoms with Crippen LogP contribution in [0.3, 0.4) is 0 Å². The molecule has 3 aromatic rings. The summed E-state index contributed by atoms with van der Waals surface area (Å²) >= 11 is 0. The van der Waals surface area contributed by atoms with Gasteiger partial charge in [0.1, 0.15) is 6.04 Å². The number of rotatable bonds is 3. The molecule has 3 aromatic carbocycles. The van der Waals surface area contributed by atoms with Crippen molar-refractivity contribution in [3.8, 4) is 0 Å². The quantitative estimate of drug-likeness (QED) is 0.578. The van der Waals surface area contributed by atoms with Crippen LogP contribution in [0.1, 0.15) is 16.7 Å². The fourth-order valence-electron chi connectivity index (χ4n) is 4.60. The molecule has 2 N–H and O–H groups in total. The number of anilines is 2. The highest BCUT2D eigenvalue weighted by molar-refractivity contribution is 6.06. The van der Waals surface area contributed by atoms with Gasteiger partial charge in [-0.2, -0.15) is 0 Å². The van der Waals surface area contributed by atoms with E-state index in [1.165, 1.54) is 9.80 Å². The zero-order valence-electron chi connectivity index (χ0n) is 19.6. The number of carbonyl (C=O) groups is 3. The van der Waals surface area contributed by atoms with E-state index in [0.29, 0.717) is 17.9 Å². The Labute approximate surface area is 209 Å². The van der Waals surface area contributed by atoms with Gasteiger partial charge in [-0.05, 0) is 28.8 Å². The molecule has 2 aliphatic rings. The molecule has 182 valence electrons. The maximum atomic E-state index is 14.0. The smallest absolute Gasteiger partial charge is 0.330 e. The molecule has 1 saturated heterocycles. The molecule has 0 aromatic heterocycles. The third-order valence-corrected chi connectivity index (χ3v) is 6.47. The van der Waals surface area contributed by atoms with E-state index in [4.69, 9.17) is 0 Å². The van der Waals surface area contributed by atoms with Crippen LogP contribution < -0.4 is 10.2 Å². The number of fused-ring (bicyclic) bond motifs is 2. The molecule has 2 aliphatic heterocycles. The summed E-state index contributed by atoms with van der Waals surface area (Å²) in [5.41, 5.74) is 4.01. The van der Waals surface area contributed by atoms with Crippen LogP contribution in [-0.2, 0) is 11.3 Å². The average molecular weight is 483 g/mol. The molecule has 0 unspecified atom stereocenters. The molecule has 1 atom stereocenters. The first-order chi connectivity index (χ1) is 17.5. The lowest BCUT2D eigenvalue weighted by molar-refractivity contribution is -0.143. The van der Waals surface area contributed by atoms with Crippen molar-refractivity contribution in [2.75, 3.05) is 24.5 Å². The van der Waals surface area contributed by atoms with Crippen LogP contribution in [0.15, 0.2) is 78.9 Å². The van der Waals surface area contributed by atoms with Crippen molar-refractivity contribution in [1.82, 2.24) is 15.1 Å². The lowest BCUT2D eigenvalue weighted by atomic mass is 10.1. The van der Waals surface area contributed by atoms with E-state index in [9.17, 15) is 19.5 Å². The lowest BCUT2D eigenvalue weighted by Crippen LogP contribution is -2.62. The summed E-state index contributed by atoms with van der Waals surface area (Å²) in [6.45, 7) is 0.566. The maximum Gasteiger partial charge on any atom is 0.330 e. The van der Waals surface area contributed by atoms with Crippen LogP contribution in [0.5, 0.6) is 0 Å². The van der Waals surface area contributed by atoms with Crippen LogP contribution >= 0.6 is 0 Å². The van der Waals surface area contributed by atoms with E-state index in [-0.39, 0.29) is 25.7 Å². The maximum absolute atomic E-state index is 14.0. The Morgan fingerprint density at radius 2 is 1.39 bits per heavy atom. The fraction of sp³-hybridized carbons (Fsp3) is 0.179. The molecule has 2 heterocycles. The third kappa shape index (κ3) is 4.53. The van der Waals surface area contributed by atoms with E-state index >= 15 is 0 Å². The first kappa shape index (κ1) is 23.2. The van der Waals surface area contributed by atoms with Gasteiger partial charge in [0, 0.05) is 19.6 Å². The summed E-state index contributed by atoms with van der Waals surface area (Å²) in [6.07, 6.45) is 3.90. The zero-order chi connectivity index (χ0) is 25.1. The zero-order valence-corrected chi connectivity index (χ0v) is 19.6. The van der Waals surface area contributed by atoms with Crippen molar-refractivity contribution in [2.45, 2.75) is 12.6 Å². The number of nitrogens with one attached hydrogen (secondary N) is 1. The summed E-state index contributed by atoms with van der Waals surface area (Å²) in [5.74, 6) is -1.15. The second-order valence-electron chi connectivity index (χ2n) is 8.71. The Morgan fingerprint density at radius 1 is 0.806 bits per heavy atom. The van der Waals surface area contributed by atoms with Gasteiger partial charge in [-0.1, -0.05) is 78.9 Å². The van der Waals surface area contributed by atoms with E-state index in [1.54, 1.807) is 4.90 Å². The van der Waals surface area contributed by atoms with E-state index < -0.39 is 18.0 Å². The summed E-state index contributed by atoms with van der Waals surface area (Å²) < 4.78 is 0. The Kier molecular flexibility index (Phi) is 6.40. The van der Waals surface area contributed by atoms with Crippen molar-refractivity contribution in [3.63, 3.8) is 0 Å². The second-order valence-corrected chi connectivity index (χ2v) is 8.71. The van der Waals surface area contributed by atoms with Gasteiger partial charge in [0.15, 0.2) is 0 Å². The van der Waals surface area contributed by atoms with Gasteiger partial charge < -0.3 is 20.2 Å². The van der Waals surface area contributed by atoms with E-state index in [1.807, 2.05) is 91.0 Å². The molecule has 8 heteroatoms. The average Bonchev–Trinajstić information content (AvgIpc) is 3.08. The number of benzene rings is 3. The van der Waals surface area contributed by atoms with Gasteiger partial charge in [0.2, 0.25) is 0 Å². The van der Waals surface area contributed by atoms with Crippen LogP contribution in [0.2, 0.25) is 0 Å². The molecular formula is C28H26N4O4. The number of piperazine rings is 1. The molecule has 1 fully saturated rings. The van der Waals surface area contributed by atoms with Gasteiger partial charge in [0.05, 0.1) is 17.9 Å². The van der Waals surface area contributed by atoms with E-state index in [0.717, 1.165) is 16.7 Å². The number of nitrogens with zero attached hydrogens (tertiary/aromatic N) is 3. The minimum atomic E-state index is -1.18. The largest absolute Gasteiger partial charge is 0.480 e. The molecule has 4 amide bonds. The Balaban J connectivity index is 1.38. The Hall–Kier alpha value is -4.59. The van der Waals surface area contributed by atoms with Crippen molar-refractivity contribution in [2.24, 2.45) is 0 Å². The summed E-state index contributed by atoms with van der Waals surface area (Å²) in [4.78, 5) is 43.4. The summed E-state index contributed by atoms with van der Waals surface area (Å²) in [6, 6.07) is 22.6. The fourth-order valence-corrected chi connectivity index (χ4v) is 4.60. The summed E-state index contributed by atoms with van der Waals surface area (Å²) in [7, 11) is 0. The molecule has 0 aliphatic carbocycles. The van der Waals surface area contributed by atoms with Gasteiger partial charge >= 0.3 is 18.0 Å². The van der Waals surface area contributed by atoms with Gasteiger partial charge in [-0.3, -0.25) is 4.90 Å². The molecule has 0 spiro atoms. The van der Waals surface area contributed by atoms with E-state index in [2.05, 4.69) is 5.32 Å². The molecule has 5 rings (SSSR count). The van der Waals surface area contributed by atoms with Crippen molar-refractivity contribution < 1.29 is 19.5 Å². The minimum absolute atomic E-state index is 0.100. The number of urea groups is 2. The normalized spacial score (nSPS) is 16.6. The van der Waals surface area contributed by atoms with Crippen molar-refractivity contribution >= 4 is 41.6 Å².